The normalized spacial score (nSPS) is 17.9. The van der Waals surface area contributed by atoms with Gasteiger partial charge in [0, 0.05) is 36.1 Å². The lowest BCUT2D eigenvalue weighted by molar-refractivity contribution is -0.186. The van der Waals surface area contributed by atoms with Crippen molar-refractivity contribution in [2.24, 2.45) is 5.10 Å². The lowest BCUT2D eigenvalue weighted by Crippen LogP contribution is -2.43. The molecule has 2 heterocycles. The molecule has 0 spiro atoms. The van der Waals surface area contributed by atoms with Gasteiger partial charge in [-0.15, -0.1) is 0 Å². The Morgan fingerprint density at radius 1 is 1.00 bits per heavy atom. The largest absolute Gasteiger partial charge is 0.471 e. The van der Waals surface area contributed by atoms with Crippen molar-refractivity contribution < 1.29 is 22.2 Å². The first-order valence-electron chi connectivity index (χ1n) is 12.2. The first-order chi connectivity index (χ1) is 19.0. The minimum atomic E-state index is -4.94. The van der Waals surface area contributed by atoms with Crippen molar-refractivity contribution in [2.45, 2.75) is 36.5 Å². The number of nitrogens with one attached hydrogen (secondary N) is 1. The molecule has 2 aliphatic rings. The maximum absolute atomic E-state index is 13.1. The molecule has 13 heteroatoms. The fourth-order valence-corrected chi connectivity index (χ4v) is 6.27. The quantitative estimate of drug-likeness (QED) is 0.330. The van der Waals surface area contributed by atoms with Crippen LogP contribution in [-0.4, -0.2) is 40.0 Å². The maximum Gasteiger partial charge on any atom is 0.471 e. The molecular formula is C27H22Cl3F3N4O2S. The van der Waals surface area contributed by atoms with Crippen LogP contribution in [0.1, 0.15) is 29.2 Å². The molecule has 0 bridgehead atoms. The molecule has 40 heavy (non-hydrogen) atoms. The van der Waals surface area contributed by atoms with Crippen LogP contribution in [0.4, 0.5) is 18.9 Å². The highest BCUT2D eigenvalue weighted by Gasteiger charge is 2.43. The van der Waals surface area contributed by atoms with Crippen LogP contribution in [0.3, 0.4) is 0 Å². The number of rotatable bonds is 6. The lowest BCUT2D eigenvalue weighted by atomic mass is 10.00. The van der Waals surface area contributed by atoms with Crippen molar-refractivity contribution in [1.82, 2.24) is 9.62 Å². The molecule has 5 rings (SSSR count). The molecule has 0 aromatic heterocycles. The van der Waals surface area contributed by atoms with E-state index < -0.39 is 23.1 Å². The predicted octanol–water partition coefficient (Wildman–Crippen LogP) is 6.71. The van der Waals surface area contributed by atoms with Crippen molar-refractivity contribution >= 4 is 63.1 Å². The maximum atomic E-state index is 13.1. The summed E-state index contributed by atoms with van der Waals surface area (Å²) in [7, 11) is -1.67. The summed E-state index contributed by atoms with van der Waals surface area (Å²) in [5.41, 5.74) is 3.71. The minimum Gasteiger partial charge on any atom is -0.330 e. The Bertz CT molecular complexity index is 1500. The molecule has 0 saturated carbocycles. The molecule has 1 N–H and O–H groups in total. The third-order valence-electron chi connectivity index (χ3n) is 6.73. The van der Waals surface area contributed by atoms with Crippen LogP contribution >= 0.6 is 34.8 Å². The molecule has 1 amide bonds. The monoisotopic (exact) mass is 628 g/mol. The van der Waals surface area contributed by atoms with Crippen LogP contribution in [0.25, 0.3) is 0 Å². The van der Waals surface area contributed by atoms with E-state index in [1.807, 2.05) is 12.1 Å². The SMILES string of the molecule is O=C(N1CCc2ccc(S(=O)NCC3=NN(c4ccc(Cl)cc4Cl)C(c4ccc(Cl)cc4)C3)cc2C1)C(F)(F)F. The van der Waals surface area contributed by atoms with Gasteiger partial charge in [-0.25, -0.2) is 8.93 Å². The summed E-state index contributed by atoms with van der Waals surface area (Å²) in [6.07, 6.45) is -4.12. The van der Waals surface area contributed by atoms with Gasteiger partial charge in [0.05, 0.1) is 27.4 Å². The Kier molecular flexibility index (Phi) is 8.45. The van der Waals surface area contributed by atoms with Crippen LogP contribution < -0.4 is 9.73 Å². The summed E-state index contributed by atoms with van der Waals surface area (Å²) < 4.78 is 54.8. The number of hydrogen-bond donors (Lipinski definition) is 1. The first-order valence-corrected chi connectivity index (χ1v) is 14.5. The van der Waals surface area contributed by atoms with Crippen molar-refractivity contribution in [1.29, 1.82) is 0 Å². The molecular weight excluding hydrogens is 608 g/mol. The molecule has 3 aromatic carbocycles. The number of fused-ring (bicyclic) bond motifs is 1. The van der Waals surface area contributed by atoms with Crippen molar-refractivity contribution in [2.75, 3.05) is 18.1 Å². The third kappa shape index (κ3) is 6.31. The van der Waals surface area contributed by atoms with E-state index in [1.54, 1.807) is 53.5 Å². The topological polar surface area (TPSA) is 65.0 Å². The Morgan fingerprint density at radius 2 is 1.73 bits per heavy atom. The van der Waals surface area contributed by atoms with Crippen molar-refractivity contribution in [3.05, 3.63) is 92.4 Å². The number of anilines is 1. The Morgan fingerprint density at radius 3 is 2.42 bits per heavy atom. The smallest absolute Gasteiger partial charge is 0.330 e. The number of nitrogens with zero attached hydrogens (tertiary/aromatic N) is 3. The second-order valence-electron chi connectivity index (χ2n) is 9.37. The van der Waals surface area contributed by atoms with E-state index in [0.717, 1.165) is 21.7 Å². The van der Waals surface area contributed by atoms with E-state index in [4.69, 9.17) is 39.9 Å². The molecule has 2 aliphatic heterocycles. The van der Waals surface area contributed by atoms with E-state index in [-0.39, 0.29) is 25.7 Å². The number of hydrogen-bond acceptors (Lipinski definition) is 4. The Balaban J connectivity index is 1.32. The highest BCUT2D eigenvalue weighted by Crippen LogP contribution is 2.40. The van der Waals surface area contributed by atoms with Crippen molar-refractivity contribution in [3.8, 4) is 0 Å². The zero-order valence-corrected chi connectivity index (χ0v) is 23.8. The third-order valence-corrected chi connectivity index (χ3v) is 8.60. The fraction of sp³-hybridized carbons (Fsp3) is 0.259. The summed E-state index contributed by atoms with van der Waals surface area (Å²) in [4.78, 5) is 12.9. The molecule has 2 unspecified atom stereocenters. The van der Waals surface area contributed by atoms with Crippen LogP contribution in [0.2, 0.25) is 15.1 Å². The Labute approximate surface area is 246 Å². The van der Waals surface area contributed by atoms with Gasteiger partial charge in [0.1, 0.15) is 11.0 Å². The lowest BCUT2D eigenvalue weighted by Gasteiger charge is -2.29. The zero-order valence-electron chi connectivity index (χ0n) is 20.7. The van der Waals surface area contributed by atoms with Crippen LogP contribution in [-0.2, 0) is 28.7 Å². The number of halogens is 6. The number of carbonyl (C=O) groups is 1. The number of benzene rings is 3. The zero-order chi connectivity index (χ0) is 28.6. The average molecular weight is 630 g/mol. The Hall–Kier alpha value is -2.63. The van der Waals surface area contributed by atoms with Crippen LogP contribution in [0.5, 0.6) is 0 Å². The summed E-state index contributed by atoms with van der Waals surface area (Å²) in [6, 6.07) is 17.4. The molecule has 210 valence electrons. The minimum absolute atomic E-state index is 0.0191. The fourth-order valence-electron chi connectivity index (χ4n) is 4.75. The van der Waals surface area contributed by atoms with Gasteiger partial charge in [-0.1, -0.05) is 53.0 Å². The summed E-state index contributed by atoms with van der Waals surface area (Å²) in [5, 5.41) is 8.09. The van der Waals surface area contributed by atoms with Gasteiger partial charge in [-0.3, -0.25) is 9.80 Å². The number of hydrazone groups is 1. The molecule has 6 nitrogen and oxygen atoms in total. The van der Waals surface area contributed by atoms with Gasteiger partial charge < -0.3 is 4.90 Å². The molecule has 0 fully saturated rings. The molecule has 0 saturated heterocycles. The molecule has 0 radical (unpaired) electrons. The van der Waals surface area contributed by atoms with E-state index in [0.29, 0.717) is 44.1 Å². The summed E-state index contributed by atoms with van der Waals surface area (Å²) >= 11 is 18.7. The molecule has 2 atom stereocenters. The van der Waals surface area contributed by atoms with Gasteiger partial charge >= 0.3 is 12.1 Å². The highest BCUT2D eigenvalue weighted by molar-refractivity contribution is 7.83. The van der Waals surface area contributed by atoms with E-state index in [9.17, 15) is 22.2 Å². The molecule has 3 aromatic rings. The van der Waals surface area contributed by atoms with Gasteiger partial charge in [-0.2, -0.15) is 18.3 Å². The second-order valence-corrected chi connectivity index (χ2v) is 12.0. The number of alkyl halides is 3. The molecule has 0 aliphatic carbocycles. The van der Waals surface area contributed by atoms with Gasteiger partial charge in [0.25, 0.3) is 0 Å². The van der Waals surface area contributed by atoms with Crippen LogP contribution in [0.15, 0.2) is 70.7 Å². The second kappa shape index (κ2) is 11.7. The van der Waals surface area contributed by atoms with E-state index >= 15 is 0 Å². The van der Waals surface area contributed by atoms with Crippen molar-refractivity contribution in [3.63, 3.8) is 0 Å². The van der Waals surface area contributed by atoms with Gasteiger partial charge in [0.15, 0.2) is 0 Å². The summed E-state index contributed by atoms with van der Waals surface area (Å²) in [6.45, 7) is -0.0199. The highest BCUT2D eigenvalue weighted by atomic mass is 35.5. The predicted molar refractivity (Wildman–Crippen MR) is 151 cm³/mol. The standard InChI is InChI=1S/C27H22Cl3F3N4O2S/c28-19-4-1-17(2-5-19)25-13-21(35-37(25)24-8-6-20(29)12-23(24)30)14-34-40(39)22-7-3-16-9-10-36(15-18(16)11-22)26(38)27(31,32)33/h1-8,11-12,25,34H,9-10,13-15H2. The number of carbonyl (C=O) groups excluding carboxylic acids is 1. The van der Waals surface area contributed by atoms with Crippen LogP contribution in [0, 0.1) is 0 Å². The van der Waals surface area contributed by atoms with Gasteiger partial charge in [0.2, 0.25) is 0 Å². The van der Waals surface area contributed by atoms with E-state index in [2.05, 4.69) is 4.72 Å². The number of amides is 1. The first kappa shape index (κ1) is 28.9. The average Bonchev–Trinajstić information content (AvgIpc) is 3.34. The van der Waals surface area contributed by atoms with Gasteiger partial charge in [-0.05, 0) is 65.6 Å². The summed E-state index contributed by atoms with van der Waals surface area (Å²) in [5.74, 6) is -1.87. The van der Waals surface area contributed by atoms with E-state index in [1.165, 1.54) is 0 Å².